The number of alkyl halides is 1. The first-order valence-corrected chi connectivity index (χ1v) is 6.77. The minimum Gasteiger partial charge on any atom is -0.371 e. The summed E-state index contributed by atoms with van der Waals surface area (Å²) in [5, 5.41) is 39.5. The van der Waals surface area contributed by atoms with E-state index in [1.807, 2.05) is 0 Å². The summed E-state index contributed by atoms with van der Waals surface area (Å²) >= 11 is 0. The number of nitrogens with zero attached hydrogens (tertiary/aromatic N) is 1. The predicted octanol–water partition coefficient (Wildman–Crippen LogP) is -1.61. The molecule has 0 aromatic carbocycles. The van der Waals surface area contributed by atoms with Gasteiger partial charge in [-0.1, -0.05) is 0 Å². The maximum Gasteiger partial charge on any atom is 0.330 e. The van der Waals surface area contributed by atoms with E-state index < -0.39 is 36.3 Å². The number of ether oxygens (including phenoxy) is 1. The van der Waals surface area contributed by atoms with Gasteiger partial charge in [-0.3, -0.25) is 18.7 Å². The largest absolute Gasteiger partial charge is 0.371 e. The summed E-state index contributed by atoms with van der Waals surface area (Å²) in [6, 6.07) is 1.25. The topological polar surface area (TPSA) is 165 Å². The number of halogens is 1. The fraction of sp³-hybridized carbons (Fsp3) is 0.692. The Bertz CT molecular complexity index is 534. The highest BCUT2D eigenvalue weighted by molar-refractivity contribution is 4.85. The van der Waals surface area contributed by atoms with Gasteiger partial charge in [0.05, 0.1) is 7.18 Å². The Kier molecular flexibility index (Phi) is 13.1. The van der Waals surface area contributed by atoms with Gasteiger partial charge in [-0.15, -0.1) is 0 Å². The lowest BCUT2D eigenvalue weighted by molar-refractivity contribution is -0.127. The van der Waals surface area contributed by atoms with Crippen molar-refractivity contribution >= 4 is 0 Å². The smallest absolute Gasteiger partial charge is 0.330 e. The summed E-state index contributed by atoms with van der Waals surface area (Å²) in [6.45, 7) is 1.85. The van der Waals surface area contributed by atoms with Gasteiger partial charge in [-0.05, 0) is 20.3 Å². The van der Waals surface area contributed by atoms with E-state index >= 15 is 0 Å². The van der Waals surface area contributed by atoms with E-state index in [-0.39, 0.29) is 0 Å². The first kappa shape index (κ1) is 24.6. The summed E-state index contributed by atoms with van der Waals surface area (Å²) in [4.78, 5) is 24.2. The normalized spacial score (nSPS) is 19.0. The quantitative estimate of drug-likeness (QED) is 0.327. The molecule has 24 heavy (non-hydrogen) atoms. The van der Waals surface area contributed by atoms with Gasteiger partial charge in [0, 0.05) is 18.7 Å². The van der Waals surface area contributed by atoms with Gasteiger partial charge in [-0.25, -0.2) is 4.79 Å². The zero-order valence-electron chi connectivity index (χ0n) is 13.7. The van der Waals surface area contributed by atoms with Crippen molar-refractivity contribution in [3.05, 3.63) is 33.1 Å². The molecule has 0 bridgehead atoms. The number of aliphatic hydroxyl groups excluding tert-OH is 2. The molecule has 1 aromatic heterocycles. The molecule has 1 aliphatic heterocycles. The van der Waals surface area contributed by atoms with Crippen LogP contribution < -0.4 is 11.2 Å². The molecular formula is C13H25FN2O8. The highest BCUT2D eigenvalue weighted by atomic mass is 19.1. The van der Waals surface area contributed by atoms with E-state index in [1.165, 1.54) is 30.7 Å². The number of hydrogen-bond acceptors (Lipinski definition) is 8. The fourth-order valence-electron chi connectivity index (χ4n) is 1.46. The molecule has 2 rings (SSSR count). The van der Waals surface area contributed by atoms with E-state index in [4.69, 9.17) is 30.3 Å². The van der Waals surface area contributed by atoms with Crippen LogP contribution in [0.2, 0.25) is 0 Å². The second-order valence-electron chi connectivity index (χ2n) is 4.78. The van der Waals surface area contributed by atoms with Crippen LogP contribution in [0.4, 0.5) is 4.39 Å². The third-order valence-corrected chi connectivity index (χ3v) is 2.14. The standard InChI is InChI=1S/C8H10N2O4.C3H8O2.CH3F.CH4O2/c11-5-3-4-10(8(13)9-5)6-1-2-7(12)14-6;1-3(2,4)5;1-2;2-1-3/h3-4,6-7,12H,1-2H2,(H,9,11,13);4-5H,1-2H3;1H3;2-3H,1H2/t6?,7-;;;/m0.../s1. The van der Waals surface area contributed by atoms with Crippen molar-refractivity contribution in [1.29, 1.82) is 0 Å². The minimum absolute atomic E-state index is 0.440. The first-order chi connectivity index (χ1) is 11.1. The van der Waals surface area contributed by atoms with Crippen LogP contribution in [-0.2, 0) is 4.74 Å². The Labute approximate surface area is 137 Å². The summed E-state index contributed by atoms with van der Waals surface area (Å²) in [5.74, 6) is -1.50. The second kappa shape index (κ2) is 12.8. The Balaban J connectivity index is 0. The van der Waals surface area contributed by atoms with Crippen LogP contribution in [0, 0.1) is 0 Å². The summed E-state index contributed by atoms with van der Waals surface area (Å²) in [5.41, 5.74) is -0.957. The molecule has 2 atom stereocenters. The molecule has 0 spiro atoms. The van der Waals surface area contributed by atoms with Crippen molar-refractivity contribution in [3.63, 3.8) is 0 Å². The third-order valence-electron chi connectivity index (χ3n) is 2.14. The first-order valence-electron chi connectivity index (χ1n) is 6.77. The lowest BCUT2D eigenvalue weighted by Crippen LogP contribution is -2.31. The maximum atomic E-state index is 11.3. The maximum absolute atomic E-state index is 11.3. The van der Waals surface area contributed by atoms with E-state index in [0.29, 0.717) is 20.0 Å². The summed E-state index contributed by atoms with van der Waals surface area (Å²) in [7, 11) is 0.500. The number of rotatable bonds is 1. The molecule has 0 aliphatic carbocycles. The van der Waals surface area contributed by atoms with Crippen molar-refractivity contribution in [2.75, 3.05) is 14.0 Å². The number of H-pyrrole nitrogens is 1. The zero-order valence-corrected chi connectivity index (χ0v) is 13.7. The van der Waals surface area contributed by atoms with Gasteiger partial charge in [0.25, 0.3) is 5.56 Å². The van der Waals surface area contributed by atoms with Crippen LogP contribution in [0.5, 0.6) is 0 Å². The van der Waals surface area contributed by atoms with Crippen molar-refractivity contribution < 1.29 is 34.7 Å². The van der Waals surface area contributed by atoms with Crippen LogP contribution >= 0.6 is 0 Å². The van der Waals surface area contributed by atoms with E-state index in [2.05, 4.69) is 4.98 Å². The molecule has 6 N–H and O–H groups in total. The molecule has 11 heteroatoms. The highest BCUT2D eigenvalue weighted by Gasteiger charge is 2.25. The van der Waals surface area contributed by atoms with E-state index in [9.17, 15) is 14.0 Å². The SMILES string of the molecule is CC(C)(O)O.CF.O=c1ccn(C2CC[C@@H](O)O2)c(=O)[nH]1.OCO. The molecule has 1 aliphatic rings. The van der Waals surface area contributed by atoms with Gasteiger partial charge < -0.3 is 30.3 Å². The molecule has 142 valence electrons. The molecule has 1 unspecified atom stereocenters. The number of aromatic nitrogens is 2. The summed E-state index contributed by atoms with van der Waals surface area (Å²) in [6.07, 6.45) is 1.13. The van der Waals surface area contributed by atoms with Crippen LogP contribution in [0.3, 0.4) is 0 Å². The van der Waals surface area contributed by atoms with E-state index in [1.54, 1.807) is 0 Å². The van der Waals surface area contributed by atoms with Gasteiger partial charge in [-0.2, -0.15) is 0 Å². The molecule has 10 nitrogen and oxygen atoms in total. The van der Waals surface area contributed by atoms with E-state index in [0.717, 1.165) is 0 Å². The number of hydrogen-bond donors (Lipinski definition) is 6. The van der Waals surface area contributed by atoms with Crippen LogP contribution in [0.15, 0.2) is 21.9 Å². The van der Waals surface area contributed by atoms with Crippen molar-refractivity contribution in [1.82, 2.24) is 9.55 Å². The monoisotopic (exact) mass is 356 g/mol. The van der Waals surface area contributed by atoms with Gasteiger partial charge >= 0.3 is 5.69 Å². The molecule has 1 saturated heterocycles. The van der Waals surface area contributed by atoms with Crippen LogP contribution in [0.25, 0.3) is 0 Å². The zero-order chi connectivity index (χ0) is 19.3. The van der Waals surface area contributed by atoms with Crippen molar-refractivity contribution in [2.24, 2.45) is 0 Å². The van der Waals surface area contributed by atoms with Crippen LogP contribution in [-0.4, -0.2) is 61.1 Å². The Morgan fingerprint density at radius 1 is 1.29 bits per heavy atom. The number of aliphatic hydroxyl groups is 5. The lowest BCUT2D eigenvalue weighted by atomic mass is 10.3. The average molecular weight is 356 g/mol. The number of aromatic amines is 1. The second-order valence-corrected chi connectivity index (χ2v) is 4.78. The minimum atomic E-state index is -1.50. The van der Waals surface area contributed by atoms with Gasteiger partial charge in [0.15, 0.2) is 12.1 Å². The van der Waals surface area contributed by atoms with Gasteiger partial charge in [0.2, 0.25) is 0 Å². The molecular weight excluding hydrogens is 331 g/mol. The predicted molar refractivity (Wildman–Crippen MR) is 81.5 cm³/mol. The van der Waals surface area contributed by atoms with Crippen molar-refractivity contribution in [3.8, 4) is 0 Å². The van der Waals surface area contributed by atoms with Crippen molar-refractivity contribution in [2.45, 2.75) is 45.0 Å². The van der Waals surface area contributed by atoms with Gasteiger partial charge in [0.1, 0.15) is 13.0 Å². The molecule has 1 aromatic rings. The molecule has 0 saturated carbocycles. The Morgan fingerprint density at radius 3 is 2.08 bits per heavy atom. The Hall–Kier alpha value is -1.63. The average Bonchev–Trinajstić information content (AvgIpc) is 2.86. The molecule has 2 heterocycles. The number of nitrogens with one attached hydrogen (secondary N) is 1. The molecule has 0 radical (unpaired) electrons. The third kappa shape index (κ3) is 12.9. The van der Waals surface area contributed by atoms with Crippen LogP contribution in [0.1, 0.15) is 32.9 Å². The molecule has 1 fully saturated rings. The molecule has 0 amide bonds. The highest BCUT2D eigenvalue weighted by Crippen LogP contribution is 2.24. The lowest BCUT2D eigenvalue weighted by Gasteiger charge is -2.12. The summed E-state index contributed by atoms with van der Waals surface area (Å²) < 4.78 is 15.8. The Morgan fingerprint density at radius 2 is 1.75 bits per heavy atom. The fourth-order valence-corrected chi connectivity index (χ4v) is 1.46.